The number of nitrogens with zero attached hydrogens (tertiary/aromatic N) is 4. The molecular weight excluding hydrogens is 414 g/mol. The van der Waals surface area contributed by atoms with Crippen molar-refractivity contribution in [3.05, 3.63) is 47.0 Å². The Balaban J connectivity index is 1.59. The molecule has 0 saturated carbocycles. The molecule has 0 aliphatic carbocycles. The molecule has 2 N–H and O–H groups in total. The van der Waals surface area contributed by atoms with Crippen LogP contribution in [0.25, 0.3) is 0 Å². The SMILES string of the molecule is Cc1nc(C2CCN(C(=O)C3CCOCC3)CCN2C(=O)c2cccc(C(=O)O)c2)n[nH]1. The van der Waals surface area contributed by atoms with E-state index in [1.807, 2.05) is 4.90 Å². The maximum atomic E-state index is 13.4. The first kappa shape index (κ1) is 21.9. The van der Waals surface area contributed by atoms with Crippen molar-refractivity contribution in [2.75, 3.05) is 32.8 Å². The summed E-state index contributed by atoms with van der Waals surface area (Å²) in [5.41, 5.74) is 0.332. The van der Waals surface area contributed by atoms with Crippen LogP contribution >= 0.6 is 0 Å². The number of nitrogens with one attached hydrogen (secondary N) is 1. The van der Waals surface area contributed by atoms with E-state index in [1.54, 1.807) is 24.0 Å². The molecule has 2 fully saturated rings. The van der Waals surface area contributed by atoms with Gasteiger partial charge in [-0.2, -0.15) is 5.10 Å². The fourth-order valence-electron chi connectivity index (χ4n) is 4.32. The van der Waals surface area contributed by atoms with Crippen LogP contribution in [0.1, 0.15) is 57.7 Å². The molecular formula is C22H27N5O5. The van der Waals surface area contributed by atoms with Gasteiger partial charge in [0, 0.05) is 44.3 Å². The maximum absolute atomic E-state index is 13.4. The molecule has 0 spiro atoms. The standard InChI is InChI=1S/C22H27N5O5/c1-14-23-19(25-24-14)18-5-8-26(20(28)15-6-11-32-12-7-15)9-10-27(18)21(29)16-3-2-4-17(13-16)22(30)31/h2-4,13,15,18H,5-12H2,1H3,(H,30,31)(H,23,24,25). The number of carbonyl (C=O) groups is 3. The Bertz CT molecular complexity index is 1000. The third-order valence-electron chi connectivity index (χ3n) is 6.07. The van der Waals surface area contributed by atoms with Gasteiger partial charge in [0.15, 0.2) is 5.82 Å². The largest absolute Gasteiger partial charge is 0.478 e. The van der Waals surface area contributed by atoms with Crippen molar-refractivity contribution in [1.82, 2.24) is 25.0 Å². The predicted molar refractivity (Wildman–Crippen MR) is 113 cm³/mol. The van der Waals surface area contributed by atoms with E-state index in [4.69, 9.17) is 4.74 Å². The molecule has 32 heavy (non-hydrogen) atoms. The van der Waals surface area contributed by atoms with Gasteiger partial charge in [0.05, 0.1) is 11.6 Å². The van der Waals surface area contributed by atoms with Crippen LogP contribution in [0, 0.1) is 12.8 Å². The normalized spacial score (nSPS) is 20.1. The molecule has 2 aromatic rings. The van der Waals surface area contributed by atoms with Crippen LogP contribution in [0.15, 0.2) is 24.3 Å². The van der Waals surface area contributed by atoms with Gasteiger partial charge in [-0.1, -0.05) is 6.07 Å². The summed E-state index contributed by atoms with van der Waals surface area (Å²) in [4.78, 5) is 45.8. The summed E-state index contributed by atoms with van der Waals surface area (Å²) in [6.45, 7) is 4.18. The smallest absolute Gasteiger partial charge is 0.335 e. The molecule has 2 amide bonds. The second-order valence-electron chi connectivity index (χ2n) is 8.18. The van der Waals surface area contributed by atoms with Crippen molar-refractivity contribution in [3.8, 4) is 0 Å². The van der Waals surface area contributed by atoms with E-state index >= 15 is 0 Å². The third-order valence-corrected chi connectivity index (χ3v) is 6.07. The predicted octanol–water partition coefficient (Wildman–Crippen LogP) is 1.65. The lowest BCUT2D eigenvalue weighted by molar-refractivity contribution is -0.138. The van der Waals surface area contributed by atoms with Crippen LogP contribution < -0.4 is 0 Å². The van der Waals surface area contributed by atoms with E-state index in [0.29, 0.717) is 63.8 Å². The summed E-state index contributed by atoms with van der Waals surface area (Å²) in [6, 6.07) is 5.56. The highest BCUT2D eigenvalue weighted by atomic mass is 16.5. The van der Waals surface area contributed by atoms with Gasteiger partial charge in [0.2, 0.25) is 5.91 Å². The number of hydrogen-bond acceptors (Lipinski definition) is 6. The molecule has 2 saturated heterocycles. The molecule has 1 atom stereocenters. The summed E-state index contributed by atoms with van der Waals surface area (Å²) in [7, 11) is 0. The Labute approximate surface area is 185 Å². The molecule has 170 valence electrons. The molecule has 2 aliphatic rings. The van der Waals surface area contributed by atoms with Crippen molar-refractivity contribution >= 4 is 17.8 Å². The number of benzene rings is 1. The van der Waals surface area contributed by atoms with Crippen molar-refractivity contribution in [3.63, 3.8) is 0 Å². The first-order chi connectivity index (χ1) is 15.4. The minimum Gasteiger partial charge on any atom is -0.478 e. The molecule has 1 aromatic heterocycles. The zero-order chi connectivity index (χ0) is 22.7. The van der Waals surface area contributed by atoms with E-state index in [0.717, 1.165) is 0 Å². The number of H-pyrrole nitrogens is 1. The van der Waals surface area contributed by atoms with Crippen LogP contribution in [-0.2, 0) is 9.53 Å². The molecule has 2 aliphatic heterocycles. The number of rotatable bonds is 4. The number of amides is 2. The van der Waals surface area contributed by atoms with Gasteiger partial charge >= 0.3 is 5.97 Å². The van der Waals surface area contributed by atoms with E-state index < -0.39 is 12.0 Å². The summed E-state index contributed by atoms with van der Waals surface area (Å²) in [5, 5.41) is 16.4. The average Bonchev–Trinajstić information content (AvgIpc) is 3.12. The van der Waals surface area contributed by atoms with E-state index in [1.165, 1.54) is 12.1 Å². The Morgan fingerprint density at radius 1 is 1.09 bits per heavy atom. The number of aromatic carboxylic acids is 1. The number of carbonyl (C=O) groups excluding carboxylic acids is 2. The van der Waals surface area contributed by atoms with Crippen molar-refractivity contribution in [1.29, 1.82) is 0 Å². The van der Waals surface area contributed by atoms with Crippen LogP contribution in [0.3, 0.4) is 0 Å². The van der Waals surface area contributed by atoms with Gasteiger partial charge in [-0.25, -0.2) is 9.78 Å². The Morgan fingerprint density at radius 2 is 1.84 bits per heavy atom. The van der Waals surface area contributed by atoms with Crippen LogP contribution in [0.2, 0.25) is 0 Å². The lowest BCUT2D eigenvalue weighted by Crippen LogP contribution is -2.41. The summed E-state index contributed by atoms with van der Waals surface area (Å²) >= 11 is 0. The number of carboxylic acids is 1. The fourth-order valence-corrected chi connectivity index (χ4v) is 4.32. The fraction of sp³-hybridized carbons (Fsp3) is 0.500. The number of ether oxygens (including phenoxy) is 1. The Morgan fingerprint density at radius 3 is 2.53 bits per heavy atom. The summed E-state index contributed by atoms with van der Waals surface area (Å²) < 4.78 is 5.38. The zero-order valence-corrected chi connectivity index (χ0v) is 18.0. The van der Waals surface area contributed by atoms with Gasteiger partial charge in [0.1, 0.15) is 5.82 Å². The highest BCUT2D eigenvalue weighted by Crippen LogP contribution is 2.28. The van der Waals surface area contributed by atoms with Gasteiger partial charge in [-0.05, 0) is 44.4 Å². The third kappa shape index (κ3) is 4.64. The van der Waals surface area contributed by atoms with E-state index in [-0.39, 0.29) is 28.9 Å². The van der Waals surface area contributed by atoms with Gasteiger partial charge in [-0.15, -0.1) is 0 Å². The lowest BCUT2D eigenvalue weighted by Gasteiger charge is -2.29. The van der Waals surface area contributed by atoms with Gasteiger partial charge in [-0.3, -0.25) is 14.7 Å². The van der Waals surface area contributed by atoms with E-state index in [2.05, 4.69) is 15.2 Å². The minimum absolute atomic E-state index is 0.0484. The van der Waals surface area contributed by atoms with Gasteiger partial charge in [0.25, 0.3) is 5.91 Å². The first-order valence-electron chi connectivity index (χ1n) is 10.8. The second kappa shape index (κ2) is 9.47. The highest BCUT2D eigenvalue weighted by Gasteiger charge is 2.35. The van der Waals surface area contributed by atoms with Crippen molar-refractivity contribution in [2.24, 2.45) is 5.92 Å². The number of hydrogen-bond donors (Lipinski definition) is 2. The number of aromatic amines is 1. The quantitative estimate of drug-likeness (QED) is 0.738. The Hall–Kier alpha value is -3.27. The molecule has 0 bridgehead atoms. The molecule has 10 nitrogen and oxygen atoms in total. The summed E-state index contributed by atoms with van der Waals surface area (Å²) in [5.74, 6) is -0.223. The highest BCUT2D eigenvalue weighted by molar-refractivity contribution is 5.97. The average molecular weight is 441 g/mol. The molecule has 1 aromatic carbocycles. The number of carboxylic acid groups (broad SMARTS) is 1. The van der Waals surface area contributed by atoms with Gasteiger partial charge < -0.3 is 19.6 Å². The second-order valence-corrected chi connectivity index (χ2v) is 8.18. The molecule has 1 unspecified atom stereocenters. The first-order valence-corrected chi connectivity index (χ1v) is 10.8. The van der Waals surface area contributed by atoms with Crippen LogP contribution in [-0.4, -0.2) is 80.7 Å². The van der Waals surface area contributed by atoms with E-state index in [9.17, 15) is 19.5 Å². The lowest BCUT2D eigenvalue weighted by atomic mass is 9.98. The zero-order valence-electron chi connectivity index (χ0n) is 18.0. The molecule has 10 heteroatoms. The number of aryl methyl sites for hydroxylation is 1. The Kier molecular flexibility index (Phi) is 6.50. The van der Waals surface area contributed by atoms with Crippen molar-refractivity contribution < 1.29 is 24.2 Å². The molecule has 0 radical (unpaired) electrons. The summed E-state index contributed by atoms with van der Waals surface area (Å²) in [6.07, 6.45) is 1.92. The van der Waals surface area contributed by atoms with Crippen molar-refractivity contribution in [2.45, 2.75) is 32.2 Å². The monoisotopic (exact) mass is 441 g/mol. The molecule has 4 rings (SSSR count). The maximum Gasteiger partial charge on any atom is 0.335 e. The van der Waals surface area contributed by atoms with Crippen LogP contribution in [0.5, 0.6) is 0 Å². The number of aromatic nitrogens is 3. The molecule has 3 heterocycles. The minimum atomic E-state index is -1.09. The topological polar surface area (TPSA) is 129 Å². The van der Waals surface area contributed by atoms with Crippen LogP contribution in [0.4, 0.5) is 0 Å².